The number of anilines is 1. The van der Waals surface area contributed by atoms with Gasteiger partial charge in [0, 0.05) is 50.5 Å². The van der Waals surface area contributed by atoms with Crippen LogP contribution in [0.5, 0.6) is 11.5 Å². The largest absolute Gasteiger partial charge is 0.497 e. The van der Waals surface area contributed by atoms with E-state index in [2.05, 4.69) is 9.80 Å². The van der Waals surface area contributed by atoms with Crippen LogP contribution in [0, 0.1) is 0 Å². The summed E-state index contributed by atoms with van der Waals surface area (Å²) < 4.78 is 16.5. The van der Waals surface area contributed by atoms with Crippen LogP contribution in [0.1, 0.15) is 10.4 Å². The average molecular weight is 469 g/mol. The van der Waals surface area contributed by atoms with Crippen LogP contribution in [0.3, 0.4) is 0 Å². The molecule has 2 heterocycles. The first-order valence-corrected chi connectivity index (χ1v) is 11.6. The molecule has 0 aliphatic carbocycles. The van der Waals surface area contributed by atoms with Crippen LogP contribution in [0.25, 0.3) is 0 Å². The van der Waals surface area contributed by atoms with Crippen molar-refractivity contribution in [1.82, 2.24) is 9.80 Å². The summed E-state index contributed by atoms with van der Waals surface area (Å²) in [4.78, 5) is 31.5. The summed E-state index contributed by atoms with van der Waals surface area (Å²) in [6, 6.07) is 14.0. The number of methoxy groups -OCH3 is 1. The number of hydrogen-bond acceptors (Lipinski definition) is 7. The molecule has 1 atom stereocenters. The van der Waals surface area contributed by atoms with E-state index in [4.69, 9.17) is 19.9 Å². The minimum atomic E-state index is -0.728. The summed E-state index contributed by atoms with van der Waals surface area (Å²) in [5.41, 5.74) is 7.14. The van der Waals surface area contributed by atoms with E-state index in [1.807, 2.05) is 30.3 Å². The SMILES string of the molecule is COc1ccc(N2CCN(C(=O)c3cccc(OCCN4CCOCC4)c3)[C@@H](C(N)=O)C2)cc1. The quantitative estimate of drug-likeness (QED) is 0.622. The maximum absolute atomic E-state index is 13.3. The molecule has 2 saturated heterocycles. The number of rotatable bonds is 8. The van der Waals surface area contributed by atoms with Crippen molar-refractivity contribution in [2.24, 2.45) is 5.73 Å². The van der Waals surface area contributed by atoms with E-state index in [0.717, 1.165) is 44.3 Å². The second-order valence-electron chi connectivity index (χ2n) is 8.39. The molecule has 2 aliphatic heterocycles. The molecule has 0 spiro atoms. The summed E-state index contributed by atoms with van der Waals surface area (Å²) >= 11 is 0. The number of benzene rings is 2. The monoisotopic (exact) mass is 468 g/mol. The zero-order valence-electron chi connectivity index (χ0n) is 19.5. The number of hydrogen-bond donors (Lipinski definition) is 1. The van der Waals surface area contributed by atoms with Gasteiger partial charge in [0.05, 0.1) is 20.3 Å². The van der Waals surface area contributed by atoms with Gasteiger partial charge < -0.3 is 29.7 Å². The van der Waals surface area contributed by atoms with Crippen molar-refractivity contribution in [2.45, 2.75) is 6.04 Å². The highest BCUT2D eigenvalue weighted by Crippen LogP contribution is 2.24. The Morgan fingerprint density at radius 1 is 1.03 bits per heavy atom. The van der Waals surface area contributed by atoms with E-state index in [0.29, 0.717) is 37.6 Å². The zero-order chi connectivity index (χ0) is 23.9. The van der Waals surface area contributed by atoms with Crippen molar-refractivity contribution in [3.63, 3.8) is 0 Å². The highest BCUT2D eigenvalue weighted by molar-refractivity contribution is 5.98. The number of nitrogens with zero attached hydrogens (tertiary/aromatic N) is 3. The molecule has 2 fully saturated rings. The van der Waals surface area contributed by atoms with Crippen LogP contribution in [-0.4, -0.2) is 93.9 Å². The third-order valence-corrected chi connectivity index (χ3v) is 6.27. The fourth-order valence-corrected chi connectivity index (χ4v) is 4.30. The molecule has 2 N–H and O–H groups in total. The average Bonchev–Trinajstić information content (AvgIpc) is 2.89. The third kappa shape index (κ3) is 5.78. The Hall–Kier alpha value is -3.30. The van der Waals surface area contributed by atoms with Gasteiger partial charge in [0.15, 0.2) is 0 Å². The summed E-state index contributed by atoms with van der Waals surface area (Å²) in [5.74, 6) is 0.643. The van der Waals surface area contributed by atoms with Crippen LogP contribution in [-0.2, 0) is 9.53 Å². The number of nitrogens with two attached hydrogens (primary N) is 1. The number of ether oxygens (including phenoxy) is 3. The highest BCUT2D eigenvalue weighted by atomic mass is 16.5. The summed E-state index contributed by atoms with van der Waals surface area (Å²) in [7, 11) is 1.62. The van der Waals surface area contributed by atoms with Gasteiger partial charge in [-0.05, 0) is 42.5 Å². The molecule has 0 bridgehead atoms. The van der Waals surface area contributed by atoms with Crippen LogP contribution < -0.4 is 20.1 Å². The molecule has 9 heteroatoms. The first-order valence-electron chi connectivity index (χ1n) is 11.6. The predicted molar refractivity (Wildman–Crippen MR) is 128 cm³/mol. The molecule has 182 valence electrons. The van der Waals surface area contributed by atoms with Crippen LogP contribution >= 0.6 is 0 Å². The molecule has 0 radical (unpaired) electrons. The summed E-state index contributed by atoms with van der Waals surface area (Å²) in [5, 5.41) is 0. The lowest BCUT2D eigenvalue weighted by molar-refractivity contribution is -0.122. The number of piperazine rings is 1. The Balaban J connectivity index is 1.39. The number of amides is 2. The van der Waals surface area contributed by atoms with Gasteiger partial charge in [-0.2, -0.15) is 0 Å². The molecule has 0 unspecified atom stereocenters. The van der Waals surface area contributed by atoms with Crippen molar-refractivity contribution in [3.8, 4) is 11.5 Å². The molecule has 2 aromatic carbocycles. The predicted octanol–water partition coefficient (Wildman–Crippen LogP) is 1.22. The van der Waals surface area contributed by atoms with Crippen LogP contribution in [0.4, 0.5) is 5.69 Å². The molecule has 34 heavy (non-hydrogen) atoms. The van der Waals surface area contributed by atoms with Gasteiger partial charge >= 0.3 is 0 Å². The molecule has 2 amide bonds. The van der Waals surface area contributed by atoms with E-state index in [1.54, 1.807) is 30.2 Å². The Labute approximate surface area is 200 Å². The molecule has 4 rings (SSSR count). The van der Waals surface area contributed by atoms with Crippen molar-refractivity contribution in [1.29, 1.82) is 0 Å². The Morgan fingerprint density at radius 3 is 2.50 bits per heavy atom. The minimum absolute atomic E-state index is 0.225. The van der Waals surface area contributed by atoms with Crippen molar-refractivity contribution >= 4 is 17.5 Å². The van der Waals surface area contributed by atoms with Gasteiger partial charge in [-0.15, -0.1) is 0 Å². The molecule has 9 nitrogen and oxygen atoms in total. The van der Waals surface area contributed by atoms with Crippen molar-refractivity contribution < 1.29 is 23.8 Å². The lowest BCUT2D eigenvalue weighted by Crippen LogP contribution is -2.60. The minimum Gasteiger partial charge on any atom is -0.497 e. The Morgan fingerprint density at radius 2 is 1.79 bits per heavy atom. The maximum Gasteiger partial charge on any atom is 0.254 e. The molecular weight excluding hydrogens is 436 g/mol. The number of carbonyl (C=O) groups excluding carboxylic acids is 2. The molecule has 0 saturated carbocycles. The van der Waals surface area contributed by atoms with Crippen molar-refractivity contribution in [3.05, 3.63) is 54.1 Å². The van der Waals surface area contributed by atoms with E-state index in [1.165, 1.54) is 0 Å². The van der Waals surface area contributed by atoms with E-state index < -0.39 is 11.9 Å². The maximum atomic E-state index is 13.3. The fourth-order valence-electron chi connectivity index (χ4n) is 4.30. The van der Waals surface area contributed by atoms with Crippen molar-refractivity contribution in [2.75, 3.05) is 71.1 Å². The van der Waals surface area contributed by atoms with Gasteiger partial charge in [-0.3, -0.25) is 14.5 Å². The fraction of sp³-hybridized carbons (Fsp3) is 0.440. The zero-order valence-corrected chi connectivity index (χ0v) is 19.5. The van der Waals surface area contributed by atoms with Crippen LogP contribution in [0.15, 0.2) is 48.5 Å². The van der Waals surface area contributed by atoms with Gasteiger partial charge in [0.1, 0.15) is 24.1 Å². The Kier molecular flexibility index (Phi) is 7.87. The summed E-state index contributed by atoms with van der Waals surface area (Å²) in [6.45, 7) is 5.95. The lowest BCUT2D eigenvalue weighted by Gasteiger charge is -2.41. The molecular formula is C25H32N4O5. The van der Waals surface area contributed by atoms with Gasteiger partial charge in [0.25, 0.3) is 5.91 Å². The Bertz CT molecular complexity index is 978. The van der Waals surface area contributed by atoms with Gasteiger partial charge in [-0.25, -0.2) is 0 Å². The number of morpholine rings is 1. The first kappa shape index (κ1) is 23.8. The van der Waals surface area contributed by atoms with E-state index in [-0.39, 0.29) is 5.91 Å². The van der Waals surface area contributed by atoms with E-state index in [9.17, 15) is 9.59 Å². The van der Waals surface area contributed by atoms with Gasteiger partial charge in [-0.1, -0.05) is 6.07 Å². The molecule has 0 aromatic heterocycles. The number of carbonyl (C=O) groups is 2. The summed E-state index contributed by atoms with van der Waals surface area (Å²) in [6.07, 6.45) is 0. The van der Waals surface area contributed by atoms with Gasteiger partial charge in [0.2, 0.25) is 5.91 Å². The lowest BCUT2D eigenvalue weighted by atomic mass is 10.1. The number of primary amides is 1. The topological polar surface area (TPSA) is 97.6 Å². The smallest absolute Gasteiger partial charge is 0.254 e. The molecule has 2 aromatic rings. The second kappa shape index (κ2) is 11.2. The highest BCUT2D eigenvalue weighted by Gasteiger charge is 2.34. The standard InChI is InChI=1S/C25H32N4O5/c1-32-21-7-5-20(6-8-21)28-9-10-29(23(18-28)24(26)30)25(31)19-3-2-4-22(17-19)34-16-13-27-11-14-33-15-12-27/h2-8,17,23H,9-16,18H2,1H3,(H2,26,30)/t23-/m1/s1. The van der Waals surface area contributed by atoms with Crippen LogP contribution in [0.2, 0.25) is 0 Å². The first-order chi connectivity index (χ1) is 16.5. The molecule has 2 aliphatic rings. The second-order valence-corrected chi connectivity index (χ2v) is 8.39. The third-order valence-electron chi connectivity index (χ3n) is 6.27. The normalized spacial score (nSPS) is 19.0. The van der Waals surface area contributed by atoms with E-state index >= 15 is 0 Å².